The second-order valence-corrected chi connectivity index (χ2v) is 3.37. The van der Waals surface area contributed by atoms with E-state index in [0.29, 0.717) is 17.2 Å². The van der Waals surface area contributed by atoms with Gasteiger partial charge in [0.1, 0.15) is 11.8 Å². The molecule has 82 valence electrons. The first-order chi connectivity index (χ1) is 8.29. The van der Waals surface area contributed by atoms with Crippen molar-refractivity contribution in [2.75, 3.05) is 0 Å². The average Bonchev–Trinajstić information content (AvgIpc) is 2.96. The largest absolute Gasteiger partial charge is 0.364 e. The summed E-state index contributed by atoms with van der Waals surface area (Å²) in [7, 11) is 0. The van der Waals surface area contributed by atoms with Crippen LogP contribution in [0.4, 0.5) is 0 Å². The van der Waals surface area contributed by atoms with Gasteiger partial charge in [-0.1, -0.05) is 0 Å². The van der Waals surface area contributed by atoms with Gasteiger partial charge in [-0.2, -0.15) is 14.9 Å². The fourth-order valence-electron chi connectivity index (χ4n) is 1.59. The van der Waals surface area contributed by atoms with E-state index in [-0.39, 0.29) is 0 Å². The van der Waals surface area contributed by atoms with Crippen molar-refractivity contribution in [2.24, 2.45) is 0 Å². The molecule has 7 nitrogen and oxygen atoms in total. The Morgan fingerprint density at radius 1 is 1.35 bits per heavy atom. The zero-order valence-corrected chi connectivity index (χ0v) is 8.53. The summed E-state index contributed by atoms with van der Waals surface area (Å²) in [4.78, 5) is 11.4. The average molecular weight is 226 g/mol. The van der Waals surface area contributed by atoms with Crippen LogP contribution in [0, 0.1) is 11.3 Å². The van der Waals surface area contributed by atoms with Crippen LogP contribution in [0.1, 0.15) is 5.69 Å². The van der Waals surface area contributed by atoms with E-state index in [2.05, 4.69) is 15.3 Å². The molecule has 0 spiro atoms. The molecule has 0 bridgehead atoms. The number of H-pyrrole nitrogens is 1. The maximum atomic E-state index is 11.4. The molecule has 3 aromatic heterocycles. The van der Waals surface area contributed by atoms with Crippen molar-refractivity contribution in [2.45, 2.75) is 0 Å². The normalized spacial score (nSPS) is 10.5. The third kappa shape index (κ3) is 1.32. The highest BCUT2D eigenvalue weighted by Crippen LogP contribution is 2.09. The fraction of sp³-hybridized carbons (Fsp3) is 0. The van der Waals surface area contributed by atoms with Gasteiger partial charge in [-0.3, -0.25) is 4.57 Å². The third-order valence-electron chi connectivity index (χ3n) is 2.37. The summed E-state index contributed by atoms with van der Waals surface area (Å²) in [6, 6.07) is 8.80. The summed E-state index contributed by atoms with van der Waals surface area (Å²) < 4.78 is 2.75. The van der Waals surface area contributed by atoms with Crippen molar-refractivity contribution in [1.29, 1.82) is 5.26 Å². The van der Waals surface area contributed by atoms with Crippen LogP contribution in [0.5, 0.6) is 0 Å². The summed E-state index contributed by atoms with van der Waals surface area (Å²) in [5, 5.41) is 19.1. The summed E-state index contributed by atoms with van der Waals surface area (Å²) in [5.41, 5.74) is 0.477. The lowest BCUT2D eigenvalue weighted by Gasteiger charge is -2.02. The number of hydrogen-bond donors (Lipinski definition) is 1. The van der Waals surface area contributed by atoms with Crippen molar-refractivity contribution < 1.29 is 0 Å². The second-order valence-electron chi connectivity index (χ2n) is 3.37. The Morgan fingerprint density at radius 3 is 3.06 bits per heavy atom. The number of fused-ring (bicyclic) bond motifs is 1. The van der Waals surface area contributed by atoms with E-state index in [1.807, 2.05) is 6.07 Å². The Balaban J connectivity index is 2.28. The molecule has 0 aliphatic carbocycles. The first-order valence-electron chi connectivity index (χ1n) is 4.82. The molecule has 3 aromatic rings. The van der Waals surface area contributed by atoms with Crippen LogP contribution in [0.25, 0.3) is 11.5 Å². The van der Waals surface area contributed by atoms with Crippen molar-refractivity contribution in [3.05, 3.63) is 46.6 Å². The molecule has 3 rings (SSSR count). The van der Waals surface area contributed by atoms with Crippen molar-refractivity contribution >= 4 is 5.65 Å². The van der Waals surface area contributed by atoms with Crippen molar-refractivity contribution in [3.8, 4) is 11.9 Å². The number of aromatic amines is 1. The van der Waals surface area contributed by atoms with E-state index in [0.717, 1.165) is 4.52 Å². The fourth-order valence-corrected chi connectivity index (χ4v) is 1.59. The van der Waals surface area contributed by atoms with E-state index in [1.165, 1.54) is 0 Å². The minimum absolute atomic E-state index is 0.410. The Morgan fingerprint density at radius 2 is 2.24 bits per heavy atom. The predicted octanol–water partition coefficient (Wildman–Crippen LogP) is 0.0800. The highest BCUT2D eigenvalue weighted by molar-refractivity contribution is 5.40. The van der Waals surface area contributed by atoms with Crippen LogP contribution in [-0.4, -0.2) is 24.4 Å². The molecule has 7 heteroatoms. The molecule has 17 heavy (non-hydrogen) atoms. The van der Waals surface area contributed by atoms with E-state index in [1.54, 1.807) is 35.0 Å². The highest BCUT2D eigenvalue weighted by atomic mass is 16.2. The third-order valence-corrected chi connectivity index (χ3v) is 2.37. The summed E-state index contributed by atoms with van der Waals surface area (Å²) in [6.07, 6.45) is 1.71. The number of nitrogens with zero attached hydrogens (tertiary/aromatic N) is 5. The molecule has 0 aromatic carbocycles. The molecule has 0 amide bonds. The predicted molar refractivity (Wildman–Crippen MR) is 57.6 cm³/mol. The second kappa shape index (κ2) is 3.31. The van der Waals surface area contributed by atoms with Gasteiger partial charge in [-0.25, -0.2) is 9.89 Å². The standard InChI is InChI=1S/C10H6N6O/c11-6-7-2-1-5-15(7)9-4-3-8-12-13-10(17)16(8)14-9/h1-5H,(H,13,17). The van der Waals surface area contributed by atoms with Crippen LogP contribution < -0.4 is 5.69 Å². The Hall–Kier alpha value is -2.88. The Kier molecular flexibility index (Phi) is 1.82. The van der Waals surface area contributed by atoms with Gasteiger partial charge < -0.3 is 0 Å². The lowest BCUT2D eigenvalue weighted by atomic mass is 10.4. The van der Waals surface area contributed by atoms with Gasteiger partial charge in [0, 0.05) is 6.20 Å². The van der Waals surface area contributed by atoms with Gasteiger partial charge in [0.25, 0.3) is 0 Å². The zero-order chi connectivity index (χ0) is 11.8. The smallest absolute Gasteiger partial charge is 0.291 e. The minimum atomic E-state index is -0.410. The highest BCUT2D eigenvalue weighted by Gasteiger charge is 2.06. The topological polar surface area (TPSA) is 91.8 Å². The molecule has 3 heterocycles. The molecular formula is C10H6N6O. The Labute approximate surface area is 94.5 Å². The van der Waals surface area contributed by atoms with Gasteiger partial charge >= 0.3 is 5.69 Å². The van der Waals surface area contributed by atoms with Crippen LogP contribution in [-0.2, 0) is 0 Å². The van der Waals surface area contributed by atoms with Crippen LogP contribution in [0.2, 0.25) is 0 Å². The van der Waals surface area contributed by atoms with Crippen LogP contribution in [0.3, 0.4) is 0 Å². The molecule has 1 N–H and O–H groups in total. The SMILES string of the molecule is N#Cc1cccn1-c1ccc2n[nH]c(=O)n2n1. The molecule has 0 saturated heterocycles. The molecule has 0 aliphatic rings. The minimum Gasteiger partial charge on any atom is -0.291 e. The molecule has 0 fully saturated rings. The quantitative estimate of drug-likeness (QED) is 0.636. The summed E-state index contributed by atoms with van der Waals surface area (Å²) >= 11 is 0. The van der Waals surface area contributed by atoms with Crippen LogP contribution >= 0.6 is 0 Å². The van der Waals surface area contributed by atoms with Gasteiger partial charge in [-0.05, 0) is 24.3 Å². The van der Waals surface area contributed by atoms with E-state index < -0.39 is 5.69 Å². The molecule has 0 radical (unpaired) electrons. The maximum absolute atomic E-state index is 11.4. The van der Waals surface area contributed by atoms with E-state index >= 15 is 0 Å². The van der Waals surface area contributed by atoms with Crippen molar-refractivity contribution in [3.63, 3.8) is 0 Å². The van der Waals surface area contributed by atoms with Gasteiger partial charge in [0.2, 0.25) is 0 Å². The molecule has 0 aliphatic heterocycles. The molecular weight excluding hydrogens is 220 g/mol. The summed E-state index contributed by atoms with van der Waals surface area (Å²) in [6.45, 7) is 0. The van der Waals surface area contributed by atoms with Gasteiger partial charge in [0.15, 0.2) is 11.5 Å². The van der Waals surface area contributed by atoms with Crippen molar-refractivity contribution in [1.82, 2.24) is 24.4 Å². The van der Waals surface area contributed by atoms with Crippen LogP contribution in [0.15, 0.2) is 35.3 Å². The summed E-state index contributed by atoms with van der Waals surface area (Å²) in [5.74, 6) is 0.488. The number of nitriles is 1. The molecule has 0 saturated carbocycles. The first kappa shape index (κ1) is 9.35. The van der Waals surface area contributed by atoms with E-state index in [4.69, 9.17) is 5.26 Å². The van der Waals surface area contributed by atoms with Gasteiger partial charge in [0.05, 0.1) is 0 Å². The number of rotatable bonds is 1. The lowest BCUT2D eigenvalue weighted by Crippen LogP contribution is -2.14. The molecule has 0 atom stereocenters. The Bertz CT molecular complexity index is 787. The monoisotopic (exact) mass is 226 g/mol. The first-order valence-corrected chi connectivity index (χ1v) is 4.82. The van der Waals surface area contributed by atoms with Gasteiger partial charge in [-0.15, -0.1) is 5.10 Å². The number of hydrogen-bond acceptors (Lipinski definition) is 4. The molecule has 0 unspecified atom stereocenters. The van der Waals surface area contributed by atoms with E-state index in [9.17, 15) is 4.79 Å². The lowest BCUT2D eigenvalue weighted by molar-refractivity contribution is 0.830. The number of aromatic nitrogens is 5. The maximum Gasteiger partial charge on any atom is 0.364 e. The number of nitrogens with one attached hydrogen (secondary N) is 1. The zero-order valence-electron chi connectivity index (χ0n) is 8.53.